The molecular weight excluding hydrogens is 496 g/mol. The van der Waals surface area contributed by atoms with Crippen LogP contribution in [0.15, 0.2) is 42.5 Å². The third kappa shape index (κ3) is 6.56. The van der Waals surface area contributed by atoms with Crippen LogP contribution in [-0.2, 0) is 4.79 Å². The number of benzene rings is 2. The van der Waals surface area contributed by atoms with Gasteiger partial charge in [-0.2, -0.15) is 4.98 Å². The maximum atomic E-state index is 12.8. The molecule has 7 nitrogen and oxygen atoms in total. The van der Waals surface area contributed by atoms with E-state index in [9.17, 15) is 4.79 Å². The van der Waals surface area contributed by atoms with Crippen molar-refractivity contribution in [2.75, 3.05) is 30.8 Å². The Labute approximate surface area is 230 Å². The molecule has 202 valence electrons. The molecule has 1 aliphatic carbocycles. The van der Waals surface area contributed by atoms with E-state index in [0.717, 1.165) is 79.5 Å². The van der Waals surface area contributed by atoms with Crippen LogP contribution in [0.25, 0.3) is 22.0 Å². The van der Waals surface area contributed by atoms with Gasteiger partial charge in [-0.1, -0.05) is 29.8 Å². The van der Waals surface area contributed by atoms with Gasteiger partial charge in [-0.15, -0.1) is 0 Å². The second kappa shape index (κ2) is 11.9. The van der Waals surface area contributed by atoms with Crippen molar-refractivity contribution in [3.05, 3.63) is 47.5 Å². The molecule has 1 amide bonds. The van der Waals surface area contributed by atoms with Crippen LogP contribution in [0.4, 0.5) is 11.8 Å². The van der Waals surface area contributed by atoms with Crippen molar-refractivity contribution in [1.82, 2.24) is 20.2 Å². The maximum Gasteiger partial charge on any atom is 0.225 e. The Balaban J connectivity index is 1.30. The SMILES string of the molecule is CC(C)Nc1nc(NC2CCC(NC(=O)C3CCCN(C)C3)CC2)c2cc(-c3cccc(Cl)c3)ccc2n1. The van der Waals surface area contributed by atoms with Gasteiger partial charge in [0.1, 0.15) is 5.82 Å². The summed E-state index contributed by atoms with van der Waals surface area (Å²) in [5.41, 5.74) is 3.04. The summed E-state index contributed by atoms with van der Waals surface area (Å²) in [4.78, 5) is 24.8. The molecule has 2 aliphatic rings. The quantitative estimate of drug-likeness (QED) is 0.347. The summed E-state index contributed by atoms with van der Waals surface area (Å²) in [6.07, 6.45) is 6.02. The predicted molar refractivity (Wildman–Crippen MR) is 157 cm³/mol. The number of carbonyl (C=O) groups is 1. The van der Waals surface area contributed by atoms with Crippen molar-refractivity contribution in [1.29, 1.82) is 0 Å². The molecule has 1 saturated carbocycles. The Morgan fingerprint density at radius 1 is 1.00 bits per heavy atom. The number of likely N-dealkylation sites (tertiary alicyclic amines) is 1. The highest BCUT2D eigenvalue weighted by Crippen LogP contribution is 2.31. The van der Waals surface area contributed by atoms with E-state index in [1.165, 1.54) is 0 Å². The van der Waals surface area contributed by atoms with Crippen LogP contribution in [0.1, 0.15) is 52.4 Å². The molecule has 1 aromatic heterocycles. The zero-order valence-corrected chi connectivity index (χ0v) is 23.4. The molecule has 5 rings (SSSR count). The highest BCUT2D eigenvalue weighted by molar-refractivity contribution is 6.30. The number of fused-ring (bicyclic) bond motifs is 1. The Morgan fingerprint density at radius 2 is 1.76 bits per heavy atom. The number of aromatic nitrogens is 2. The highest BCUT2D eigenvalue weighted by Gasteiger charge is 2.28. The van der Waals surface area contributed by atoms with Crippen LogP contribution in [0.3, 0.4) is 0 Å². The molecule has 1 aliphatic heterocycles. The fraction of sp³-hybridized carbons (Fsp3) is 0.500. The number of hydrogen-bond acceptors (Lipinski definition) is 6. The third-order valence-electron chi connectivity index (χ3n) is 7.68. The molecule has 0 spiro atoms. The van der Waals surface area contributed by atoms with Crippen LogP contribution in [0.2, 0.25) is 5.02 Å². The number of anilines is 2. The first-order valence-corrected chi connectivity index (χ1v) is 14.3. The van der Waals surface area contributed by atoms with Gasteiger partial charge in [0, 0.05) is 35.1 Å². The van der Waals surface area contributed by atoms with Crippen LogP contribution < -0.4 is 16.0 Å². The van der Waals surface area contributed by atoms with E-state index >= 15 is 0 Å². The molecule has 38 heavy (non-hydrogen) atoms. The Hall–Kier alpha value is -2.90. The second-order valence-electron chi connectivity index (χ2n) is 11.2. The van der Waals surface area contributed by atoms with Crippen LogP contribution in [0.5, 0.6) is 0 Å². The molecule has 3 N–H and O–H groups in total. The molecule has 1 saturated heterocycles. The topological polar surface area (TPSA) is 82.2 Å². The zero-order valence-electron chi connectivity index (χ0n) is 22.6. The van der Waals surface area contributed by atoms with E-state index in [1.807, 2.05) is 18.2 Å². The fourth-order valence-electron chi connectivity index (χ4n) is 5.68. The number of rotatable bonds is 7. The molecule has 2 fully saturated rings. The fourth-order valence-corrected chi connectivity index (χ4v) is 5.87. The summed E-state index contributed by atoms with van der Waals surface area (Å²) < 4.78 is 0. The van der Waals surface area contributed by atoms with Gasteiger partial charge in [0.25, 0.3) is 0 Å². The smallest absolute Gasteiger partial charge is 0.225 e. The molecule has 8 heteroatoms. The third-order valence-corrected chi connectivity index (χ3v) is 7.92. The van der Waals surface area contributed by atoms with E-state index in [1.54, 1.807) is 0 Å². The van der Waals surface area contributed by atoms with E-state index in [4.69, 9.17) is 21.6 Å². The summed E-state index contributed by atoms with van der Waals surface area (Å²) in [6, 6.07) is 15.0. The number of nitrogens with one attached hydrogen (secondary N) is 3. The van der Waals surface area contributed by atoms with Crippen molar-refractivity contribution in [3.8, 4) is 11.1 Å². The lowest BCUT2D eigenvalue weighted by atomic mass is 9.90. The van der Waals surface area contributed by atoms with Gasteiger partial charge in [0.2, 0.25) is 11.9 Å². The van der Waals surface area contributed by atoms with Crippen molar-refractivity contribution in [2.24, 2.45) is 5.92 Å². The van der Waals surface area contributed by atoms with Gasteiger partial charge in [0.05, 0.1) is 11.4 Å². The molecule has 1 unspecified atom stereocenters. The maximum absolute atomic E-state index is 12.8. The lowest BCUT2D eigenvalue weighted by Gasteiger charge is -2.33. The number of carbonyl (C=O) groups excluding carboxylic acids is 1. The minimum absolute atomic E-state index is 0.123. The zero-order chi connectivity index (χ0) is 26.6. The minimum Gasteiger partial charge on any atom is -0.367 e. The van der Waals surface area contributed by atoms with Crippen molar-refractivity contribution < 1.29 is 4.79 Å². The van der Waals surface area contributed by atoms with Gasteiger partial charge in [0.15, 0.2) is 0 Å². The molecule has 2 aromatic carbocycles. The molecule has 3 aromatic rings. The molecule has 2 heterocycles. The first-order chi connectivity index (χ1) is 18.3. The summed E-state index contributed by atoms with van der Waals surface area (Å²) in [7, 11) is 2.10. The van der Waals surface area contributed by atoms with E-state index in [-0.39, 0.29) is 23.9 Å². The molecular formula is C30H39ClN6O. The van der Waals surface area contributed by atoms with Crippen molar-refractivity contribution in [2.45, 2.75) is 70.5 Å². The minimum atomic E-state index is 0.123. The van der Waals surface area contributed by atoms with Gasteiger partial charge in [-0.3, -0.25) is 4.79 Å². The van der Waals surface area contributed by atoms with Crippen LogP contribution in [-0.4, -0.2) is 59.0 Å². The number of amides is 1. The summed E-state index contributed by atoms with van der Waals surface area (Å²) in [5, 5.41) is 12.1. The van der Waals surface area contributed by atoms with Crippen LogP contribution in [0, 0.1) is 5.92 Å². The first kappa shape index (κ1) is 26.7. The number of nitrogens with zero attached hydrogens (tertiary/aromatic N) is 3. The monoisotopic (exact) mass is 534 g/mol. The summed E-state index contributed by atoms with van der Waals surface area (Å²) in [6.45, 7) is 6.13. The second-order valence-corrected chi connectivity index (χ2v) is 11.7. The van der Waals surface area contributed by atoms with Crippen LogP contribution >= 0.6 is 11.6 Å². The molecule has 0 bridgehead atoms. The van der Waals surface area contributed by atoms with Gasteiger partial charge >= 0.3 is 0 Å². The van der Waals surface area contributed by atoms with Gasteiger partial charge < -0.3 is 20.9 Å². The predicted octanol–water partition coefficient (Wildman–Crippen LogP) is 5.95. The van der Waals surface area contributed by atoms with Crippen molar-refractivity contribution >= 4 is 40.2 Å². The van der Waals surface area contributed by atoms with Gasteiger partial charge in [-0.25, -0.2) is 4.98 Å². The number of halogens is 1. The molecule has 0 radical (unpaired) electrons. The lowest BCUT2D eigenvalue weighted by Crippen LogP contribution is -2.46. The van der Waals surface area contributed by atoms with E-state index in [2.05, 4.69) is 66.0 Å². The summed E-state index contributed by atoms with van der Waals surface area (Å²) >= 11 is 6.26. The highest BCUT2D eigenvalue weighted by atomic mass is 35.5. The Bertz CT molecular complexity index is 1270. The Kier molecular flexibility index (Phi) is 8.34. The normalized spacial score (nSPS) is 22.4. The van der Waals surface area contributed by atoms with E-state index in [0.29, 0.717) is 17.0 Å². The van der Waals surface area contributed by atoms with Gasteiger partial charge in [-0.05, 0) is 101 Å². The lowest BCUT2D eigenvalue weighted by molar-refractivity contribution is -0.127. The standard InChI is InChI=1S/C30H39ClN6O/c1-19(2)32-30-35-27-14-9-21(20-6-4-8-23(31)16-20)17-26(27)28(36-30)33-24-10-12-25(13-11-24)34-29(38)22-7-5-15-37(3)18-22/h4,6,8-9,14,16-17,19,22,24-25H,5,7,10-13,15,18H2,1-3H3,(H,34,38)(H2,32,33,35,36). The summed E-state index contributed by atoms with van der Waals surface area (Å²) in [5.74, 6) is 1.83. The average Bonchev–Trinajstić information content (AvgIpc) is 2.89. The molecule has 1 atom stereocenters. The van der Waals surface area contributed by atoms with Crippen molar-refractivity contribution in [3.63, 3.8) is 0 Å². The largest absolute Gasteiger partial charge is 0.367 e. The first-order valence-electron chi connectivity index (χ1n) is 13.9. The number of hydrogen-bond donors (Lipinski definition) is 3. The Morgan fingerprint density at radius 3 is 2.50 bits per heavy atom. The van der Waals surface area contributed by atoms with E-state index < -0.39 is 0 Å². The average molecular weight is 535 g/mol. The number of piperidine rings is 1.